The normalized spacial score (nSPS) is 10.9. The van der Waals surface area contributed by atoms with Gasteiger partial charge in [0, 0.05) is 22.9 Å². The molecule has 20 heavy (non-hydrogen) atoms. The summed E-state index contributed by atoms with van der Waals surface area (Å²) in [6, 6.07) is 6.19. The fraction of sp³-hybridized carbons (Fsp3) is 0.500. The highest BCUT2D eigenvalue weighted by atomic mass is 79.9. The summed E-state index contributed by atoms with van der Waals surface area (Å²) in [5.41, 5.74) is 1.01. The molecule has 2 aromatic rings. The van der Waals surface area contributed by atoms with Crippen LogP contribution in [0, 0.1) is 0 Å². The van der Waals surface area contributed by atoms with Gasteiger partial charge in [-0.2, -0.15) is 0 Å². The van der Waals surface area contributed by atoms with Crippen LogP contribution in [0.3, 0.4) is 0 Å². The highest BCUT2D eigenvalue weighted by Gasteiger charge is 2.12. The predicted molar refractivity (Wildman–Crippen MR) is 89.3 cm³/mol. The summed E-state index contributed by atoms with van der Waals surface area (Å²) < 4.78 is 1.08. The summed E-state index contributed by atoms with van der Waals surface area (Å²) in [5, 5.41) is 1.13. The van der Waals surface area contributed by atoms with Gasteiger partial charge in [0.15, 0.2) is 0 Å². The van der Waals surface area contributed by atoms with Crippen molar-refractivity contribution in [1.82, 2.24) is 9.97 Å². The van der Waals surface area contributed by atoms with E-state index in [1.807, 2.05) is 12.1 Å². The number of hydrogen-bond donors (Lipinski definition) is 0. The average molecular weight is 336 g/mol. The molecule has 0 aliphatic rings. The van der Waals surface area contributed by atoms with Crippen molar-refractivity contribution in [1.29, 1.82) is 0 Å². The smallest absolute Gasteiger partial charge is 0.139 e. The van der Waals surface area contributed by atoms with Crippen molar-refractivity contribution >= 4 is 32.7 Å². The van der Waals surface area contributed by atoms with Gasteiger partial charge in [0.2, 0.25) is 0 Å². The van der Waals surface area contributed by atoms with E-state index in [4.69, 9.17) is 0 Å². The van der Waals surface area contributed by atoms with Crippen molar-refractivity contribution in [3.05, 3.63) is 29.0 Å². The number of nitrogens with zero attached hydrogens (tertiary/aromatic N) is 3. The first-order chi connectivity index (χ1) is 9.76. The number of unbranched alkanes of at least 4 members (excludes halogenated alkanes) is 2. The second-order valence-corrected chi connectivity index (χ2v) is 5.97. The van der Waals surface area contributed by atoms with Crippen molar-refractivity contribution in [2.45, 2.75) is 39.5 Å². The van der Waals surface area contributed by atoms with Crippen LogP contribution >= 0.6 is 15.9 Å². The SMILES string of the molecule is CCCCN(CCCC)c1ncnc2ccc(Br)cc12. The second-order valence-electron chi connectivity index (χ2n) is 5.05. The lowest BCUT2D eigenvalue weighted by Crippen LogP contribution is -2.26. The molecule has 0 aliphatic carbocycles. The molecule has 0 fully saturated rings. The molecule has 108 valence electrons. The van der Waals surface area contributed by atoms with Gasteiger partial charge in [0.05, 0.1) is 5.52 Å². The van der Waals surface area contributed by atoms with Gasteiger partial charge < -0.3 is 4.90 Å². The summed E-state index contributed by atoms with van der Waals surface area (Å²) >= 11 is 3.55. The number of aromatic nitrogens is 2. The molecule has 0 unspecified atom stereocenters. The number of benzene rings is 1. The zero-order chi connectivity index (χ0) is 14.4. The van der Waals surface area contributed by atoms with Crippen molar-refractivity contribution < 1.29 is 0 Å². The molecule has 0 bridgehead atoms. The lowest BCUT2D eigenvalue weighted by Gasteiger charge is -2.24. The maximum atomic E-state index is 4.55. The second kappa shape index (κ2) is 7.58. The Bertz CT molecular complexity index is 548. The van der Waals surface area contributed by atoms with E-state index in [1.165, 1.54) is 25.7 Å². The molecule has 0 aliphatic heterocycles. The van der Waals surface area contributed by atoms with Crippen LogP contribution in [-0.4, -0.2) is 23.1 Å². The zero-order valence-electron chi connectivity index (χ0n) is 12.3. The lowest BCUT2D eigenvalue weighted by atomic mass is 10.2. The number of rotatable bonds is 7. The van der Waals surface area contributed by atoms with Gasteiger partial charge in [-0.1, -0.05) is 42.6 Å². The molecule has 3 nitrogen and oxygen atoms in total. The van der Waals surface area contributed by atoms with E-state index in [2.05, 4.69) is 50.7 Å². The highest BCUT2D eigenvalue weighted by molar-refractivity contribution is 9.10. The minimum Gasteiger partial charge on any atom is -0.356 e. The van der Waals surface area contributed by atoms with Crippen molar-refractivity contribution in [3.63, 3.8) is 0 Å². The number of anilines is 1. The van der Waals surface area contributed by atoms with E-state index in [9.17, 15) is 0 Å². The molecule has 4 heteroatoms. The molecule has 1 aromatic carbocycles. The van der Waals surface area contributed by atoms with Crippen molar-refractivity contribution in [2.24, 2.45) is 0 Å². The van der Waals surface area contributed by atoms with Gasteiger partial charge in [-0.15, -0.1) is 0 Å². The van der Waals surface area contributed by atoms with Crippen LogP contribution < -0.4 is 4.90 Å². The van der Waals surface area contributed by atoms with Crippen LogP contribution in [0.5, 0.6) is 0 Å². The molecule has 0 saturated carbocycles. The lowest BCUT2D eigenvalue weighted by molar-refractivity contribution is 0.673. The van der Waals surface area contributed by atoms with Crippen LogP contribution in [0.25, 0.3) is 10.9 Å². The molecule has 0 amide bonds. The van der Waals surface area contributed by atoms with E-state index in [0.29, 0.717) is 0 Å². The van der Waals surface area contributed by atoms with Gasteiger partial charge in [-0.25, -0.2) is 9.97 Å². The van der Waals surface area contributed by atoms with E-state index in [-0.39, 0.29) is 0 Å². The predicted octanol–water partition coefficient (Wildman–Crippen LogP) is 4.80. The summed E-state index contributed by atoms with van der Waals surface area (Å²) in [6.45, 7) is 6.59. The standard InChI is InChI=1S/C16H22BrN3/c1-3-5-9-20(10-6-4-2)16-14-11-13(17)7-8-15(14)18-12-19-16/h7-8,11-12H,3-6,9-10H2,1-2H3. The average Bonchev–Trinajstić information content (AvgIpc) is 2.47. The molecular formula is C16H22BrN3. The van der Waals surface area contributed by atoms with Crippen LogP contribution in [0.15, 0.2) is 29.0 Å². The van der Waals surface area contributed by atoms with Crippen LogP contribution in [0.4, 0.5) is 5.82 Å². The summed E-state index contributed by atoms with van der Waals surface area (Å²) in [4.78, 5) is 11.3. The van der Waals surface area contributed by atoms with Gasteiger partial charge in [-0.3, -0.25) is 0 Å². The quantitative estimate of drug-likeness (QED) is 0.727. The molecule has 2 rings (SSSR count). The van der Waals surface area contributed by atoms with Crippen LogP contribution in [-0.2, 0) is 0 Å². The molecule has 1 heterocycles. The monoisotopic (exact) mass is 335 g/mol. The topological polar surface area (TPSA) is 29.0 Å². The molecule has 0 atom stereocenters. The van der Waals surface area contributed by atoms with E-state index in [1.54, 1.807) is 6.33 Å². The Morgan fingerprint density at radius 3 is 2.40 bits per heavy atom. The van der Waals surface area contributed by atoms with E-state index < -0.39 is 0 Å². The largest absolute Gasteiger partial charge is 0.356 e. The minimum atomic E-state index is 1.01. The molecule has 0 radical (unpaired) electrons. The summed E-state index contributed by atoms with van der Waals surface area (Å²) in [6.07, 6.45) is 6.48. The maximum absolute atomic E-state index is 4.55. The Balaban J connectivity index is 2.37. The highest BCUT2D eigenvalue weighted by Crippen LogP contribution is 2.26. The summed E-state index contributed by atoms with van der Waals surface area (Å²) in [5.74, 6) is 1.07. The maximum Gasteiger partial charge on any atom is 0.139 e. The first-order valence-electron chi connectivity index (χ1n) is 7.41. The van der Waals surface area contributed by atoms with Gasteiger partial charge in [-0.05, 0) is 31.0 Å². The first kappa shape index (κ1) is 15.2. The molecule has 0 saturated heterocycles. The Hall–Kier alpha value is -1.16. The Labute approximate surface area is 129 Å². The third-order valence-corrected chi connectivity index (χ3v) is 3.93. The first-order valence-corrected chi connectivity index (χ1v) is 8.20. The third-order valence-electron chi connectivity index (χ3n) is 3.44. The fourth-order valence-corrected chi connectivity index (χ4v) is 2.65. The fourth-order valence-electron chi connectivity index (χ4n) is 2.29. The minimum absolute atomic E-state index is 1.01. The molecule has 0 spiro atoms. The number of hydrogen-bond acceptors (Lipinski definition) is 3. The van der Waals surface area contributed by atoms with Crippen LogP contribution in [0.2, 0.25) is 0 Å². The Morgan fingerprint density at radius 2 is 1.75 bits per heavy atom. The van der Waals surface area contributed by atoms with E-state index in [0.717, 1.165) is 34.3 Å². The Morgan fingerprint density at radius 1 is 1.05 bits per heavy atom. The molecule has 1 aromatic heterocycles. The third kappa shape index (κ3) is 3.69. The molecule has 0 N–H and O–H groups in total. The Kier molecular flexibility index (Phi) is 5.77. The van der Waals surface area contributed by atoms with Crippen molar-refractivity contribution in [2.75, 3.05) is 18.0 Å². The van der Waals surface area contributed by atoms with Crippen molar-refractivity contribution in [3.8, 4) is 0 Å². The van der Waals surface area contributed by atoms with Gasteiger partial charge in [0.1, 0.15) is 12.1 Å². The van der Waals surface area contributed by atoms with Crippen LogP contribution in [0.1, 0.15) is 39.5 Å². The molecular weight excluding hydrogens is 314 g/mol. The zero-order valence-corrected chi connectivity index (χ0v) is 13.9. The summed E-state index contributed by atoms with van der Waals surface area (Å²) in [7, 11) is 0. The van der Waals surface area contributed by atoms with E-state index >= 15 is 0 Å². The van der Waals surface area contributed by atoms with Gasteiger partial charge in [0.25, 0.3) is 0 Å². The number of fused-ring (bicyclic) bond motifs is 1. The van der Waals surface area contributed by atoms with Gasteiger partial charge >= 0.3 is 0 Å². The number of halogens is 1.